The van der Waals surface area contributed by atoms with Crippen LogP contribution in [0.15, 0.2) is 53.9 Å². The molecule has 0 atom stereocenters. The van der Waals surface area contributed by atoms with Gasteiger partial charge in [-0.25, -0.2) is 4.98 Å². The maximum Gasteiger partial charge on any atom is 0.257 e. The summed E-state index contributed by atoms with van der Waals surface area (Å²) < 4.78 is 3.86. The smallest absolute Gasteiger partial charge is 0.257 e. The van der Waals surface area contributed by atoms with Crippen LogP contribution in [0.2, 0.25) is 0 Å². The monoisotopic (exact) mass is 475 g/mol. The van der Waals surface area contributed by atoms with Gasteiger partial charge in [-0.2, -0.15) is 0 Å². The van der Waals surface area contributed by atoms with Gasteiger partial charge in [0.25, 0.3) is 11.8 Å². The number of amides is 2. The molecule has 5 rings (SSSR count). The Hall–Kier alpha value is -3.43. The number of nitrogens with zero attached hydrogens (tertiary/aromatic N) is 3. The number of fused-ring (bicyclic) bond motifs is 1. The second kappa shape index (κ2) is 9.60. The van der Waals surface area contributed by atoms with Gasteiger partial charge in [-0.15, -0.1) is 16.4 Å². The van der Waals surface area contributed by atoms with E-state index >= 15 is 0 Å². The molecule has 166 valence electrons. The average molecular weight is 476 g/mol. The van der Waals surface area contributed by atoms with Crippen LogP contribution in [-0.2, 0) is 19.4 Å². The minimum absolute atomic E-state index is 0.179. The molecule has 4 aromatic rings. The van der Waals surface area contributed by atoms with Crippen LogP contribution < -0.4 is 10.6 Å². The first kappa shape index (κ1) is 21.4. The van der Waals surface area contributed by atoms with Crippen molar-refractivity contribution in [1.82, 2.24) is 19.9 Å². The van der Waals surface area contributed by atoms with Crippen LogP contribution in [-0.4, -0.2) is 26.4 Å². The van der Waals surface area contributed by atoms with Gasteiger partial charge in [-0.3, -0.25) is 14.9 Å². The molecule has 0 aliphatic heterocycles. The Bertz CT molecular complexity index is 1260. The molecule has 9 heteroatoms. The second-order valence-corrected chi connectivity index (χ2v) is 9.49. The van der Waals surface area contributed by atoms with Gasteiger partial charge in [0.1, 0.15) is 5.69 Å². The normalized spacial score (nSPS) is 12.7. The van der Waals surface area contributed by atoms with E-state index in [1.165, 1.54) is 22.8 Å². The first-order chi connectivity index (χ1) is 16.2. The number of nitrogens with one attached hydrogen (secondary N) is 2. The van der Waals surface area contributed by atoms with Crippen LogP contribution in [0.5, 0.6) is 0 Å². The summed E-state index contributed by atoms with van der Waals surface area (Å²) in [5, 5.41) is 12.4. The van der Waals surface area contributed by atoms with E-state index in [1.54, 1.807) is 35.6 Å². The minimum Gasteiger partial charge on any atom is -0.348 e. The van der Waals surface area contributed by atoms with Crippen LogP contribution in [0.25, 0.3) is 11.3 Å². The summed E-state index contributed by atoms with van der Waals surface area (Å²) in [6.45, 7) is 0.323. The molecular formula is C24H21N5O2S2. The molecule has 1 aliphatic carbocycles. The number of aryl methyl sites for hydroxylation is 2. The predicted molar refractivity (Wildman–Crippen MR) is 130 cm³/mol. The summed E-state index contributed by atoms with van der Waals surface area (Å²) in [5.41, 5.74) is 4.77. The van der Waals surface area contributed by atoms with Crippen molar-refractivity contribution in [1.29, 1.82) is 0 Å². The van der Waals surface area contributed by atoms with Crippen LogP contribution in [0.1, 0.15) is 49.7 Å². The second-order valence-electron chi connectivity index (χ2n) is 7.80. The van der Waals surface area contributed by atoms with Crippen molar-refractivity contribution >= 4 is 39.8 Å². The Labute approximate surface area is 199 Å². The Balaban J connectivity index is 1.20. The van der Waals surface area contributed by atoms with E-state index in [0.717, 1.165) is 41.8 Å². The lowest BCUT2D eigenvalue weighted by molar-refractivity contribution is 0.0950. The van der Waals surface area contributed by atoms with Gasteiger partial charge in [0.2, 0.25) is 0 Å². The third kappa shape index (κ3) is 4.99. The standard InChI is InChI=1S/C24H21N5O2S2/c30-22(17-10-8-16(9-11-17)20-14-32-29-28-20)25-13-15-4-3-5-18(12-15)23(31)27-24-26-19-6-1-2-7-21(19)33-24/h3-5,8-12,14H,1-2,6-7,13H2,(H,25,30)(H,26,27,31). The maximum absolute atomic E-state index is 12.7. The summed E-state index contributed by atoms with van der Waals surface area (Å²) in [6.07, 6.45) is 4.37. The third-order valence-corrected chi connectivity index (χ3v) is 7.09. The molecule has 0 radical (unpaired) electrons. The van der Waals surface area contributed by atoms with E-state index in [1.807, 2.05) is 29.6 Å². The van der Waals surface area contributed by atoms with Gasteiger partial charge in [-0.05, 0) is 67.0 Å². The Morgan fingerprint density at radius 1 is 0.970 bits per heavy atom. The number of thiazole rings is 1. The summed E-state index contributed by atoms with van der Waals surface area (Å²) in [4.78, 5) is 31.1. The van der Waals surface area contributed by atoms with E-state index in [2.05, 4.69) is 25.2 Å². The number of benzene rings is 2. The molecule has 0 unspecified atom stereocenters. The highest BCUT2D eigenvalue weighted by Gasteiger charge is 2.17. The lowest BCUT2D eigenvalue weighted by atomic mass is 10.0. The highest BCUT2D eigenvalue weighted by Crippen LogP contribution is 2.29. The molecule has 0 spiro atoms. The number of carbonyl (C=O) groups excluding carboxylic acids is 2. The lowest BCUT2D eigenvalue weighted by Gasteiger charge is -2.08. The molecular weight excluding hydrogens is 454 g/mol. The van der Waals surface area contributed by atoms with E-state index in [0.29, 0.717) is 22.8 Å². The van der Waals surface area contributed by atoms with Crippen LogP contribution in [0.4, 0.5) is 5.13 Å². The van der Waals surface area contributed by atoms with Crippen molar-refractivity contribution in [3.05, 3.63) is 81.2 Å². The fourth-order valence-electron chi connectivity index (χ4n) is 3.76. The number of hydrogen-bond acceptors (Lipinski definition) is 7. The zero-order chi connectivity index (χ0) is 22.6. The SMILES string of the molecule is O=C(NCc1cccc(C(=O)Nc2nc3c(s2)CCCC3)c1)c1ccc(-c2csnn2)cc1. The molecule has 2 amide bonds. The summed E-state index contributed by atoms with van der Waals surface area (Å²) in [6, 6.07) is 14.5. The van der Waals surface area contributed by atoms with Gasteiger partial charge < -0.3 is 5.32 Å². The van der Waals surface area contributed by atoms with Crippen molar-refractivity contribution in [3.63, 3.8) is 0 Å². The van der Waals surface area contributed by atoms with E-state index in [-0.39, 0.29) is 11.8 Å². The van der Waals surface area contributed by atoms with Crippen LogP contribution in [0, 0.1) is 0 Å². The van der Waals surface area contributed by atoms with Crippen molar-refractivity contribution in [2.24, 2.45) is 0 Å². The lowest BCUT2D eigenvalue weighted by Crippen LogP contribution is -2.23. The minimum atomic E-state index is -0.193. The fraction of sp³-hybridized carbons (Fsp3) is 0.208. The summed E-state index contributed by atoms with van der Waals surface area (Å²) in [7, 11) is 0. The summed E-state index contributed by atoms with van der Waals surface area (Å²) in [5.74, 6) is -0.373. The first-order valence-electron chi connectivity index (χ1n) is 10.7. The highest BCUT2D eigenvalue weighted by molar-refractivity contribution is 7.15. The number of anilines is 1. The molecule has 0 saturated carbocycles. The van der Waals surface area contributed by atoms with Crippen LogP contribution in [0.3, 0.4) is 0 Å². The van der Waals surface area contributed by atoms with E-state index in [4.69, 9.17) is 0 Å². The van der Waals surface area contributed by atoms with Gasteiger partial charge >= 0.3 is 0 Å². The molecule has 0 saturated heterocycles. The van der Waals surface area contributed by atoms with Gasteiger partial charge in [0.05, 0.1) is 5.69 Å². The fourth-order valence-corrected chi connectivity index (χ4v) is 5.27. The first-order valence-corrected chi connectivity index (χ1v) is 12.4. The quantitative estimate of drug-likeness (QED) is 0.420. The number of rotatable bonds is 6. The van der Waals surface area contributed by atoms with E-state index < -0.39 is 0 Å². The predicted octanol–water partition coefficient (Wildman–Crippen LogP) is 4.72. The Morgan fingerprint density at radius 2 is 1.82 bits per heavy atom. The molecule has 0 bridgehead atoms. The van der Waals surface area contributed by atoms with Crippen molar-refractivity contribution in [3.8, 4) is 11.3 Å². The highest BCUT2D eigenvalue weighted by atomic mass is 32.1. The average Bonchev–Trinajstić information content (AvgIpc) is 3.53. The van der Waals surface area contributed by atoms with E-state index in [9.17, 15) is 9.59 Å². The Kier molecular flexibility index (Phi) is 6.23. The molecule has 2 aromatic carbocycles. The van der Waals surface area contributed by atoms with Gasteiger partial charge in [0.15, 0.2) is 5.13 Å². The van der Waals surface area contributed by atoms with Gasteiger partial charge in [-0.1, -0.05) is 28.8 Å². The molecule has 2 aromatic heterocycles. The molecule has 33 heavy (non-hydrogen) atoms. The number of hydrogen-bond donors (Lipinski definition) is 2. The Morgan fingerprint density at radius 3 is 2.61 bits per heavy atom. The molecule has 0 fully saturated rings. The van der Waals surface area contributed by atoms with Gasteiger partial charge in [0, 0.05) is 33.5 Å². The maximum atomic E-state index is 12.7. The summed E-state index contributed by atoms with van der Waals surface area (Å²) >= 11 is 2.86. The molecule has 2 N–H and O–H groups in total. The third-order valence-electron chi connectivity index (χ3n) is 5.51. The zero-order valence-electron chi connectivity index (χ0n) is 17.7. The topological polar surface area (TPSA) is 96.9 Å². The zero-order valence-corrected chi connectivity index (χ0v) is 19.3. The number of carbonyl (C=O) groups is 2. The van der Waals surface area contributed by atoms with Crippen molar-refractivity contribution in [2.45, 2.75) is 32.2 Å². The van der Waals surface area contributed by atoms with Crippen LogP contribution >= 0.6 is 22.9 Å². The molecule has 7 nitrogen and oxygen atoms in total. The van der Waals surface area contributed by atoms with Crippen molar-refractivity contribution in [2.75, 3.05) is 5.32 Å². The molecule has 1 aliphatic rings. The largest absolute Gasteiger partial charge is 0.348 e. The molecule has 2 heterocycles. The number of aromatic nitrogens is 3. The van der Waals surface area contributed by atoms with Crippen molar-refractivity contribution < 1.29 is 9.59 Å².